The van der Waals surface area contributed by atoms with Gasteiger partial charge >= 0.3 is 0 Å². The van der Waals surface area contributed by atoms with Gasteiger partial charge in [-0.25, -0.2) is 4.98 Å². The molecule has 5 nitrogen and oxygen atoms in total. The number of hydrogen-bond donors (Lipinski definition) is 1. The molecule has 2 amide bonds. The molecule has 0 unspecified atom stereocenters. The summed E-state index contributed by atoms with van der Waals surface area (Å²) >= 11 is 1.57. The molecular formula is C20H21N3O2S. The molecule has 1 atom stereocenters. The molecule has 0 bridgehead atoms. The largest absolute Gasteiger partial charge is 0.341 e. The number of fused-ring (bicyclic) bond motifs is 1. The summed E-state index contributed by atoms with van der Waals surface area (Å²) in [6, 6.07) is 14.6. The predicted molar refractivity (Wildman–Crippen MR) is 104 cm³/mol. The van der Waals surface area contributed by atoms with Crippen molar-refractivity contribution >= 4 is 33.4 Å². The van der Waals surface area contributed by atoms with Crippen LogP contribution >= 0.6 is 11.3 Å². The molecule has 1 N–H and O–H groups in total. The van der Waals surface area contributed by atoms with Gasteiger partial charge in [0.1, 0.15) is 11.0 Å². The van der Waals surface area contributed by atoms with Crippen LogP contribution in [0.5, 0.6) is 0 Å². The smallest absolute Gasteiger partial charge is 0.251 e. The Labute approximate surface area is 156 Å². The van der Waals surface area contributed by atoms with Gasteiger partial charge < -0.3 is 10.2 Å². The van der Waals surface area contributed by atoms with E-state index in [0.717, 1.165) is 20.8 Å². The SMILES string of the molecule is Cc1cccc(C(=O)N[C@@H](C)C(=O)N(C)Cc2nc3ccccc3s2)c1. The lowest BCUT2D eigenvalue weighted by atomic mass is 10.1. The highest BCUT2D eigenvalue weighted by Crippen LogP contribution is 2.22. The Balaban J connectivity index is 1.62. The van der Waals surface area contributed by atoms with Gasteiger partial charge in [0, 0.05) is 12.6 Å². The minimum absolute atomic E-state index is 0.148. The first kappa shape index (κ1) is 18.1. The number of aromatic nitrogens is 1. The van der Waals surface area contributed by atoms with E-state index in [4.69, 9.17) is 0 Å². The van der Waals surface area contributed by atoms with Crippen LogP contribution in [0.1, 0.15) is 27.9 Å². The number of nitrogens with zero attached hydrogens (tertiary/aromatic N) is 2. The Kier molecular flexibility index (Phi) is 5.32. The number of hydrogen-bond acceptors (Lipinski definition) is 4. The van der Waals surface area contributed by atoms with Crippen molar-refractivity contribution in [1.29, 1.82) is 0 Å². The molecule has 0 aliphatic rings. The number of rotatable bonds is 5. The van der Waals surface area contributed by atoms with E-state index in [-0.39, 0.29) is 11.8 Å². The third kappa shape index (κ3) is 4.08. The third-order valence-electron chi connectivity index (χ3n) is 4.09. The molecule has 0 radical (unpaired) electrons. The fourth-order valence-electron chi connectivity index (χ4n) is 2.73. The van der Waals surface area contributed by atoms with Crippen molar-refractivity contribution in [3.8, 4) is 0 Å². The van der Waals surface area contributed by atoms with E-state index in [1.165, 1.54) is 0 Å². The van der Waals surface area contributed by atoms with E-state index >= 15 is 0 Å². The van der Waals surface area contributed by atoms with Crippen LogP contribution in [0.4, 0.5) is 0 Å². The summed E-state index contributed by atoms with van der Waals surface area (Å²) in [5.74, 6) is -0.395. The molecule has 0 spiro atoms. The van der Waals surface area contributed by atoms with Gasteiger partial charge in [0.25, 0.3) is 5.91 Å². The summed E-state index contributed by atoms with van der Waals surface area (Å²) in [7, 11) is 1.73. The Morgan fingerprint density at radius 3 is 2.69 bits per heavy atom. The fraction of sp³-hybridized carbons (Fsp3) is 0.250. The van der Waals surface area contributed by atoms with Gasteiger partial charge in [-0.05, 0) is 38.1 Å². The highest BCUT2D eigenvalue weighted by atomic mass is 32.1. The Hall–Kier alpha value is -2.73. The Morgan fingerprint density at radius 1 is 1.19 bits per heavy atom. The number of likely N-dealkylation sites (N-methyl/N-ethyl adjacent to an activating group) is 1. The average molecular weight is 367 g/mol. The second-order valence-corrected chi connectivity index (χ2v) is 7.45. The maximum Gasteiger partial charge on any atom is 0.251 e. The maximum absolute atomic E-state index is 12.6. The van der Waals surface area contributed by atoms with Crippen LogP contribution in [0.15, 0.2) is 48.5 Å². The first-order valence-corrected chi connectivity index (χ1v) is 9.22. The lowest BCUT2D eigenvalue weighted by Crippen LogP contribution is -2.45. The maximum atomic E-state index is 12.6. The zero-order valence-electron chi connectivity index (χ0n) is 15.0. The highest BCUT2D eigenvalue weighted by molar-refractivity contribution is 7.18. The van der Waals surface area contributed by atoms with Gasteiger partial charge in [0.05, 0.1) is 16.8 Å². The average Bonchev–Trinajstić information content (AvgIpc) is 3.03. The number of thiazole rings is 1. The van der Waals surface area contributed by atoms with Crippen LogP contribution < -0.4 is 5.32 Å². The highest BCUT2D eigenvalue weighted by Gasteiger charge is 2.21. The Bertz CT molecular complexity index is 918. The van der Waals surface area contributed by atoms with Crippen molar-refractivity contribution < 1.29 is 9.59 Å². The molecule has 0 saturated carbocycles. The molecule has 134 valence electrons. The molecule has 6 heteroatoms. The van der Waals surface area contributed by atoms with Crippen molar-refractivity contribution in [2.75, 3.05) is 7.05 Å². The third-order valence-corrected chi connectivity index (χ3v) is 5.11. The summed E-state index contributed by atoms with van der Waals surface area (Å²) in [5.41, 5.74) is 2.50. The molecule has 0 aliphatic carbocycles. The van der Waals surface area contributed by atoms with Crippen LogP contribution in [0, 0.1) is 6.92 Å². The summed E-state index contributed by atoms with van der Waals surface area (Å²) in [4.78, 5) is 31.0. The van der Waals surface area contributed by atoms with Crippen molar-refractivity contribution in [2.24, 2.45) is 0 Å². The van der Waals surface area contributed by atoms with E-state index in [1.54, 1.807) is 42.3 Å². The van der Waals surface area contributed by atoms with Crippen LogP contribution in [0.3, 0.4) is 0 Å². The number of amides is 2. The van der Waals surface area contributed by atoms with Gasteiger partial charge in [-0.2, -0.15) is 0 Å². The van der Waals surface area contributed by atoms with Crippen LogP contribution in [-0.4, -0.2) is 34.8 Å². The first-order valence-electron chi connectivity index (χ1n) is 8.41. The molecule has 3 aromatic rings. The standard InChI is InChI=1S/C20H21N3O2S/c1-13-7-6-8-15(11-13)19(24)21-14(2)20(25)23(3)12-18-22-16-9-4-5-10-17(16)26-18/h4-11,14H,12H2,1-3H3,(H,21,24)/t14-/m0/s1. The van der Waals surface area contributed by atoms with Crippen molar-refractivity contribution in [1.82, 2.24) is 15.2 Å². The zero-order chi connectivity index (χ0) is 18.7. The van der Waals surface area contributed by atoms with Crippen LogP contribution in [-0.2, 0) is 11.3 Å². The van der Waals surface area contributed by atoms with Gasteiger partial charge in [0.15, 0.2) is 0 Å². The van der Waals surface area contributed by atoms with Gasteiger partial charge in [0.2, 0.25) is 5.91 Å². The summed E-state index contributed by atoms with van der Waals surface area (Å²) in [5, 5.41) is 3.64. The van der Waals surface area contributed by atoms with Crippen LogP contribution in [0.2, 0.25) is 0 Å². The monoisotopic (exact) mass is 367 g/mol. The number of carbonyl (C=O) groups is 2. The van der Waals surface area contributed by atoms with Gasteiger partial charge in [-0.3, -0.25) is 9.59 Å². The number of para-hydroxylation sites is 1. The fourth-order valence-corrected chi connectivity index (χ4v) is 3.75. The number of aryl methyl sites for hydroxylation is 1. The minimum Gasteiger partial charge on any atom is -0.341 e. The predicted octanol–water partition coefficient (Wildman–Crippen LogP) is 3.38. The second kappa shape index (κ2) is 7.66. The Morgan fingerprint density at radius 2 is 1.96 bits per heavy atom. The van der Waals surface area contributed by atoms with E-state index < -0.39 is 6.04 Å². The molecular weight excluding hydrogens is 346 g/mol. The lowest BCUT2D eigenvalue weighted by Gasteiger charge is -2.21. The molecule has 3 rings (SSSR count). The molecule has 0 aliphatic heterocycles. The molecule has 0 saturated heterocycles. The normalized spacial score (nSPS) is 12.0. The summed E-state index contributed by atoms with van der Waals surface area (Å²) in [6.45, 7) is 4.05. The van der Waals surface area contributed by atoms with Crippen molar-refractivity contribution in [2.45, 2.75) is 26.4 Å². The lowest BCUT2D eigenvalue weighted by molar-refractivity contribution is -0.132. The van der Waals surface area contributed by atoms with E-state index in [2.05, 4.69) is 10.3 Å². The van der Waals surface area contributed by atoms with E-state index in [1.807, 2.05) is 43.3 Å². The van der Waals surface area contributed by atoms with Crippen LogP contribution in [0.25, 0.3) is 10.2 Å². The summed E-state index contributed by atoms with van der Waals surface area (Å²) in [6.07, 6.45) is 0. The van der Waals surface area contributed by atoms with E-state index in [0.29, 0.717) is 12.1 Å². The quantitative estimate of drug-likeness (QED) is 0.752. The number of benzene rings is 2. The zero-order valence-corrected chi connectivity index (χ0v) is 15.8. The van der Waals surface area contributed by atoms with Crippen molar-refractivity contribution in [3.05, 3.63) is 64.7 Å². The molecule has 0 fully saturated rings. The van der Waals surface area contributed by atoms with Crippen molar-refractivity contribution in [3.63, 3.8) is 0 Å². The molecule has 26 heavy (non-hydrogen) atoms. The molecule has 2 aromatic carbocycles. The van der Waals surface area contributed by atoms with Gasteiger partial charge in [-0.1, -0.05) is 29.8 Å². The topological polar surface area (TPSA) is 62.3 Å². The van der Waals surface area contributed by atoms with E-state index in [9.17, 15) is 9.59 Å². The summed E-state index contributed by atoms with van der Waals surface area (Å²) < 4.78 is 1.10. The number of nitrogens with one attached hydrogen (secondary N) is 1. The molecule has 1 heterocycles. The number of carbonyl (C=O) groups excluding carboxylic acids is 2. The first-order chi connectivity index (χ1) is 12.4. The minimum atomic E-state index is -0.609. The van der Waals surface area contributed by atoms with Gasteiger partial charge in [-0.15, -0.1) is 11.3 Å². The molecule has 1 aromatic heterocycles. The second-order valence-electron chi connectivity index (χ2n) is 6.33.